The monoisotopic (exact) mass is 283 g/mol. The number of hydrogen-bond acceptors (Lipinski definition) is 3. The van der Waals surface area contributed by atoms with E-state index in [-0.39, 0.29) is 5.97 Å². The molecule has 3 heteroatoms. The molecule has 0 bridgehead atoms. The second-order valence-electron chi connectivity index (χ2n) is 5.00. The third-order valence-electron chi connectivity index (χ3n) is 3.29. The van der Waals surface area contributed by atoms with Gasteiger partial charge in [-0.15, -0.1) is 0 Å². The summed E-state index contributed by atoms with van der Waals surface area (Å²) >= 11 is 0. The molecule has 0 heterocycles. The molecule has 3 nitrogen and oxygen atoms in total. The largest absolute Gasteiger partial charge is 0.465 e. The van der Waals surface area contributed by atoms with Crippen LogP contribution in [0, 0.1) is 0 Å². The number of rotatable bonds is 6. The summed E-state index contributed by atoms with van der Waals surface area (Å²) in [5, 5.41) is 0. The van der Waals surface area contributed by atoms with E-state index in [0.29, 0.717) is 13.0 Å². The average molecular weight is 283 g/mol. The minimum absolute atomic E-state index is 0.334. The molecule has 0 aliphatic carbocycles. The maximum absolute atomic E-state index is 11.8. The zero-order valence-corrected chi connectivity index (χ0v) is 12.3. The molecule has 21 heavy (non-hydrogen) atoms. The fraction of sp³-hybridized carbons (Fsp3) is 0.278. The molecule has 2 aromatic carbocycles. The summed E-state index contributed by atoms with van der Waals surface area (Å²) in [6.45, 7) is 2.39. The SMILES string of the molecule is CCCOC(=O)[C@@H](N)Cc1ccccc1-c1ccccc1. The second kappa shape index (κ2) is 7.60. The molecule has 2 N–H and O–H groups in total. The number of ether oxygens (including phenoxy) is 1. The smallest absolute Gasteiger partial charge is 0.323 e. The van der Waals surface area contributed by atoms with Crippen molar-refractivity contribution in [3.63, 3.8) is 0 Å². The van der Waals surface area contributed by atoms with Gasteiger partial charge in [0.2, 0.25) is 0 Å². The van der Waals surface area contributed by atoms with Crippen LogP contribution < -0.4 is 5.73 Å². The molecule has 0 spiro atoms. The maximum Gasteiger partial charge on any atom is 0.323 e. The Hall–Kier alpha value is -2.13. The Labute approximate surface area is 125 Å². The number of nitrogens with two attached hydrogens (primary N) is 1. The third kappa shape index (κ3) is 4.17. The van der Waals surface area contributed by atoms with E-state index in [0.717, 1.165) is 23.1 Å². The van der Waals surface area contributed by atoms with Crippen molar-refractivity contribution in [3.8, 4) is 11.1 Å². The molecule has 1 atom stereocenters. The van der Waals surface area contributed by atoms with Gasteiger partial charge in [0.1, 0.15) is 6.04 Å². The second-order valence-corrected chi connectivity index (χ2v) is 5.00. The van der Waals surface area contributed by atoms with E-state index in [2.05, 4.69) is 18.2 Å². The fourth-order valence-corrected chi connectivity index (χ4v) is 2.23. The summed E-state index contributed by atoms with van der Waals surface area (Å²) in [5.74, 6) is -0.334. The Bertz CT molecular complexity index is 581. The Kier molecular flexibility index (Phi) is 5.52. The highest BCUT2D eigenvalue weighted by molar-refractivity contribution is 5.77. The maximum atomic E-state index is 11.8. The Morgan fingerprint density at radius 1 is 1.10 bits per heavy atom. The van der Waals surface area contributed by atoms with Crippen molar-refractivity contribution in [3.05, 3.63) is 60.2 Å². The third-order valence-corrected chi connectivity index (χ3v) is 3.29. The van der Waals surface area contributed by atoms with E-state index >= 15 is 0 Å². The molecule has 0 aliphatic heterocycles. The Balaban J connectivity index is 2.16. The number of hydrogen-bond donors (Lipinski definition) is 1. The van der Waals surface area contributed by atoms with Crippen molar-refractivity contribution in [2.24, 2.45) is 5.73 Å². The minimum Gasteiger partial charge on any atom is -0.465 e. The predicted octanol–water partition coefficient (Wildman–Crippen LogP) is 3.18. The molecule has 0 saturated carbocycles. The summed E-state index contributed by atoms with van der Waals surface area (Å²) in [5.41, 5.74) is 9.26. The Morgan fingerprint density at radius 3 is 2.48 bits per heavy atom. The van der Waals surface area contributed by atoms with Crippen LogP contribution in [0.25, 0.3) is 11.1 Å². The number of benzene rings is 2. The van der Waals surface area contributed by atoms with Gasteiger partial charge < -0.3 is 10.5 Å². The first-order valence-corrected chi connectivity index (χ1v) is 7.28. The first-order valence-electron chi connectivity index (χ1n) is 7.28. The lowest BCUT2D eigenvalue weighted by atomic mass is 9.95. The van der Waals surface area contributed by atoms with Gasteiger partial charge in [0.05, 0.1) is 6.61 Å². The molecule has 0 saturated heterocycles. The fourth-order valence-electron chi connectivity index (χ4n) is 2.23. The predicted molar refractivity (Wildman–Crippen MR) is 84.8 cm³/mol. The van der Waals surface area contributed by atoms with E-state index < -0.39 is 6.04 Å². The van der Waals surface area contributed by atoms with Gasteiger partial charge in [-0.1, -0.05) is 61.5 Å². The van der Waals surface area contributed by atoms with Crippen molar-refractivity contribution in [2.45, 2.75) is 25.8 Å². The Morgan fingerprint density at radius 2 is 1.76 bits per heavy atom. The van der Waals surface area contributed by atoms with E-state index in [9.17, 15) is 4.79 Å². The molecule has 0 radical (unpaired) electrons. The minimum atomic E-state index is -0.624. The molecule has 0 aromatic heterocycles. The van der Waals surface area contributed by atoms with Crippen LogP contribution in [0.4, 0.5) is 0 Å². The zero-order valence-electron chi connectivity index (χ0n) is 12.3. The van der Waals surface area contributed by atoms with E-state index in [1.807, 2.05) is 43.3 Å². The summed E-state index contributed by atoms with van der Waals surface area (Å²) < 4.78 is 5.11. The van der Waals surface area contributed by atoms with Crippen LogP contribution in [-0.2, 0) is 16.0 Å². The molecular weight excluding hydrogens is 262 g/mol. The molecular formula is C18H21NO2. The average Bonchev–Trinajstić information content (AvgIpc) is 2.54. The summed E-state index contributed by atoms with van der Waals surface area (Å²) in [6.07, 6.45) is 1.28. The van der Waals surface area contributed by atoms with Gasteiger partial charge in [0.15, 0.2) is 0 Å². The lowest BCUT2D eigenvalue weighted by Gasteiger charge is -2.14. The molecule has 0 fully saturated rings. The molecule has 0 aliphatic rings. The first-order chi connectivity index (χ1) is 10.2. The van der Waals surface area contributed by atoms with Crippen molar-refractivity contribution in [2.75, 3.05) is 6.61 Å². The van der Waals surface area contributed by atoms with Crippen LogP contribution in [-0.4, -0.2) is 18.6 Å². The van der Waals surface area contributed by atoms with Gasteiger partial charge in [-0.3, -0.25) is 4.79 Å². The molecule has 2 rings (SSSR count). The van der Waals surface area contributed by atoms with Crippen LogP contribution in [0.3, 0.4) is 0 Å². The van der Waals surface area contributed by atoms with Crippen molar-refractivity contribution < 1.29 is 9.53 Å². The van der Waals surface area contributed by atoms with Gasteiger partial charge in [0.25, 0.3) is 0 Å². The van der Waals surface area contributed by atoms with Crippen LogP contribution in [0.15, 0.2) is 54.6 Å². The molecule has 0 unspecified atom stereocenters. The van der Waals surface area contributed by atoms with E-state index in [1.165, 1.54) is 0 Å². The number of carbonyl (C=O) groups excluding carboxylic acids is 1. The zero-order chi connectivity index (χ0) is 15.1. The van der Waals surface area contributed by atoms with E-state index in [4.69, 9.17) is 10.5 Å². The van der Waals surface area contributed by atoms with Gasteiger partial charge in [-0.2, -0.15) is 0 Å². The lowest BCUT2D eigenvalue weighted by molar-refractivity contribution is -0.145. The summed E-state index contributed by atoms with van der Waals surface area (Å²) in [6, 6.07) is 17.5. The lowest BCUT2D eigenvalue weighted by Crippen LogP contribution is -2.34. The van der Waals surface area contributed by atoms with Crippen molar-refractivity contribution in [1.29, 1.82) is 0 Å². The topological polar surface area (TPSA) is 52.3 Å². The van der Waals surface area contributed by atoms with Crippen molar-refractivity contribution >= 4 is 5.97 Å². The highest BCUT2D eigenvalue weighted by Crippen LogP contribution is 2.24. The summed E-state index contributed by atoms with van der Waals surface area (Å²) in [4.78, 5) is 11.8. The van der Waals surface area contributed by atoms with Crippen LogP contribution >= 0.6 is 0 Å². The number of esters is 1. The molecule has 0 amide bonds. The van der Waals surface area contributed by atoms with Gasteiger partial charge in [-0.25, -0.2) is 0 Å². The molecule has 110 valence electrons. The van der Waals surface area contributed by atoms with Gasteiger partial charge in [-0.05, 0) is 29.5 Å². The van der Waals surface area contributed by atoms with Crippen LogP contribution in [0.5, 0.6) is 0 Å². The van der Waals surface area contributed by atoms with Crippen molar-refractivity contribution in [1.82, 2.24) is 0 Å². The van der Waals surface area contributed by atoms with Gasteiger partial charge in [0, 0.05) is 0 Å². The van der Waals surface area contributed by atoms with Crippen LogP contribution in [0.1, 0.15) is 18.9 Å². The highest BCUT2D eigenvalue weighted by Gasteiger charge is 2.17. The number of carbonyl (C=O) groups is 1. The van der Waals surface area contributed by atoms with Crippen LogP contribution in [0.2, 0.25) is 0 Å². The first kappa shape index (κ1) is 15.3. The molecule has 2 aromatic rings. The van der Waals surface area contributed by atoms with Gasteiger partial charge >= 0.3 is 5.97 Å². The normalized spacial score (nSPS) is 11.9. The standard InChI is InChI=1S/C18H21NO2/c1-2-12-21-18(20)17(19)13-15-10-6-7-11-16(15)14-8-4-3-5-9-14/h3-11,17H,2,12-13,19H2,1H3/t17-/m0/s1. The summed E-state index contributed by atoms with van der Waals surface area (Å²) in [7, 11) is 0. The van der Waals surface area contributed by atoms with E-state index in [1.54, 1.807) is 0 Å². The highest BCUT2D eigenvalue weighted by atomic mass is 16.5. The quantitative estimate of drug-likeness (QED) is 0.828.